The summed E-state index contributed by atoms with van der Waals surface area (Å²) in [5.74, 6) is 0.647. The number of imidazole rings is 1. The van der Waals surface area contributed by atoms with Gasteiger partial charge in [-0.15, -0.1) is 0 Å². The van der Waals surface area contributed by atoms with Crippen molar-refractivity contribution in [1.29, 1.82) is 0 Å². The van der Waals surface area contributed by atoms with Crippen molar-refractivity contribution in [1.82, 2.24) is 24.3 Å². The van der Waals surface area contributed by atoms with E-state index in [0.29, 0.717) is 30.5 Å². The van der Waals surface area contributed by atoms with Crippen LogP contribution >= 0.6 is 0 Å². The molecule has 0 bridgehead atoms. The standard InChI is InChI=1S/C18H19N5O3/c1-12-15(23-9-4-3-5-14(23)21-12)18(24)22-10-6-13(11-22)26-17-16(25-2)19-7-8-20-17/h3-5,7-9,13H,6,10-11H2,1-2H3. The van der Waals surface area contributed by atoms with Crippen LogP contribution in [0.3, 0.4) is 0 Å². The molecule has 1 fully saturated rings. The molecule has 1 atom stereocenters. The van der Waals surface area contributed by atoms with Gasteiger partial charge < -0.3 is 14.4 Å². The third-order valence-electron chi connectivity index (χ3n) is 4.44. The van der Waals surface area contributed by atoms with Gasteiger partial charge in [-0.2, -0.15) is 0 Å². The Kier molecular flexibility index (Phi) is 4.16. The van der Waals surface area contributed by atoms with Crippen molar-refractivity contribution >= 4 is 11.6 Å². The lowest BCUT2D eigenvalue weighted by atomic mass is 10.3. The summed E-state index contributed by atoms with van der Waals surface area (Å²) in [6, 6.07) is 5.69. The molecule has 8 heteroatoms. The van der Waals surface area contributed by atoms with Gasteiger partial charge in [-0.3, -0.25) is 9.20 Å². The molecule has 1 unspecified atom stereocenters. The van der Waals surface area contributed by atoms with Crippen LogP contribution in [0.25, 0.3) is 5.65 Å². The molecule has 0 radical (unpaired) electrons. The highest BCUT2D eigenvalue weighted by Crippen LogP contribution is 2.25. The summed E-state index contributed by atoms with van der Waals surface area (Å²) in [5, 5.41) is 0. The van der Waals surface area contributed by atoms with E-state index in [2.05, 4.69) is 15.0 Å². The molecule has 1 saturated heterocycles. The van der Waals surface area contributed by atoms with E-state index in [1.165, 1.54) is 7.11 Å². The van der Waals surface area contributed by atoms with Crippen molar-refractivity contribution in [2.45, 2.75) is 19.4 Å². The van der Waals surface area contributed by atoms with Gasteiger partial charge in [0.1, 0.15) is 17.4 Å². The highest BCUT2D eigenvalue weighted by molar-refractivity contribution is 5.94. The molecule has 3 aromatic rings. The molecule has 26 heavy (non-hydrogen) atoms. The van der Waals surface area contributed by atoms with Crippen molar-refractivity contribution in [2.75, 3.05) is 20.2 Å². The second-order valence-electron chi connectivity index (χ2n) is 6.13. The largest absolute Gasteiger partial charge is 0.477 e. The number of hydrogen-bond acceptors (Lipinski definition) is 6. The Morgan fingerprint density at radius 1 is 1.23 bits per heavy atom. The van der Waals surface area contributed by atoms with E-state index in [9.17, 15) is 4.79 Å². The second-order valence-corrected chi connectivity index (χ2v) is 6.13. The second kappa shape index (κ2) is 6.62. The van der Waals surface area contributed by atoms with E-state index in [0.717, 1.165) is 17.8 Å². The normalized spacial score (nSPS) is 16.8. The monoisotopic (exact) mass is 353 g/mol. The molecule has 0 aliphatic carbocycles. The molecule has 1 amide bonds. The van der Waals surface area contributed by atoms with Gasteiger partial charge in [0.15, 0.2) is 0 Å². The third-order valence-corrected chi connectivity index (χ3v) is 4.44. The van der Waals surface area contributed by atoms with Crippen LogP contribution in [-0.2, 0) is 0 Å². The van der Waals surface area contributed by atoms with Crippen LogP contribution < -0.4 is 9.47 Å². The lowest BCUT2D eigenvalue weighted by Gasteiger charge is -2.17. The molecule has 8 nitrogen and oxygen atoms in total. The molecule has 0 saturated carbocycles. The molecular formula is C18H19N5O3. The van der Waals surface area contributed by atoms with E-state index in [1.54, 1.807) is 17.3 Å². The summed E-state index contributed by atoms with van der Waals surface area (Å²) in [7, 11) is 1.52. The van der Waals surface area contributed by atoms with Gasteiger partial charge in [-0.1, -0.05) is 6.07 Å². The van der Waals surface area contributed by atoms with E-state index in [4.69, 9.17) is 9.47 Å². The predicted molar refractivity (Wildman–Crippen MR) is 93.4 cm³/mol. The number of pyridine rings is 1. The summed E-state index contributed by atoms with van der Waals surface area (Å²) in [4.78, 5) is 27.5. The van der Waals surface area contributed by atoms with Crippen LogP contribution in [-0.4, -0.2) is 56.5 Å². The molecule has 0 N–H and O–H groups in total. The number of aryl methyl sites for hydroxylation is 1. The van der Waals surface area contributed by atoms with Crippen LogP contribution in [0.1, 0.15) is 22.6 Å². The lowest BCUT2D eigenvalue weighted by molar-refractivity contribution is 0.0762. The van der Waals surface area contributed by atoms with Crippen LogP contribution in [0.5, 0.6) is 11.8 Å². The van der Waals surface area contributed by atoms with Gasteiger partial charge in [0, 0.05) is 31.6 Å². The van der Waals surface area contributed by atoms with Crippen molar-refractivity contribution in [3.8, 4) is 11.8 Å². The lowest BCUT2D eigenvalue weighted by Crippen LogP contribution is -2.32. The highest BCUT2D eigenvalue weighted by Gasteiger charge is 2.31. The van der Waals surface area contributed by atoms with Crippen LogP contribution in [0, 0.1) is 6.92 Å². The first kappa shape index (κ1) is 16.3. The maximum Gasteiger partial charge on any atom is 0.278 e. The van der Waals surface area contributed by atoms with E-state index in [-0.39, 0.29) is 12.0 Å². The molecular weight excluding hydrogens is 334 g/mol. The first-order chi connectivity index (χ1) is 12.7. The van der Waals surface area contributed by atoms with Crippen LogP contribution in [0.4, 0.5) is 0 Å². The Hall–Kier alpha value is -3.16. The zero-order chi connectivity index (χ0) is 18.1. The van der Waals surface area contributed by atoms with Crippen molar-refractivity contribution in [3.63, 3.8) is 0 Å². The van der Waals surface area contributed by atoms with Gasteiger partial charge >= 0.3 is 0 Å². The minimum absolute atomic E-state index is 0.0431. The summed E-state index contributed by atoms with van der Waals surface area (Å²) in [5.41, 5.74) is 2.09. The zero-order valence-electron chi connectivity index (χ0n) is 14.6. The van der Waals surface area contributed by atoms with Gasteiger partial charge in [0.05, 0.1) is 19.3 Å². The Labute approximate surface area is 150 Å². The summed E-state index contributed by atoms with van der Waals surface area (Å²) in [6.07, 6.45) is 5.53. The molecule has 134 valence electrons. The number of hydrogen-bond donors (Lipinski definition) is 0. The Morgan fingerprint density at radius 3 is 2.85 bits per heavy atom. The number of carbonyl (C=O) groups excluding carboxylic acids is 1. The summed E-state index contributed by atoms with van der Waals surface area (Å²) >= 11 is 0. The fourth-order valence-electron chi connectivity index (χ4n) is 3.22. The maximum absolute atomic E-state index is 13.0. The average molecular weight is 353 g/mol. The molecule has 4 heterocycles. The van der Waals surface area contributed by atoms with E-state index < -0.39 is 0 Å². The maximum atomic E-state index is 13.0. The van der Waals surface area contributed by atoms with Gasteiger partial charge in [-0.05, 0) is 19.1 Å². The van der Waals surface area contributed by atoms with Crippen LogP contribution in [0.15, 0.2) is 36.8 Å². The van der Waals surface area contributed by atoms with E-state index in [1.807, 2.05) is 35.7 Å². The third kappa shape index (κ3) is 2.83. The number of likely N-dealkylation sites (tertiary alicyclic amines) is 1. The van der Waals surface area contributed by atoms with Crippen molar-refractivity contribution in [2.24, 2.45) is 0 Å². The quantitative estimate of drug-likeness (QED) is 0.710. The average Bonchev–Trinajstić information content (AvgIpc) is 3.25. The van der Waals surface area contributed by atoms with Crippen LogP contribution in [0.2, 0.25) is 0 Å². The highest BCUT2D eigenvalue weighted by atomic mass is 16.5. The Morgan fingerprint density at radius 2 is 2.04 bits per heavy atom. The SMILES string of the molecule is COc1nccnc1OC1CCN(C(=O)c2c(C)nc3ccccn23)C1. The number of aromatic nitrogens is 4. The number of methoxy groups -OCH3 is 1. The molecule has 1 aliphatic rings. The number of fused-ring (bicyclic) bond motifs is 1. The number of nitrogens with zero attached hydrogens (tertiary/aromatic N) is 5. The number of carbonyl (C=O) groups is 1. The van der Waals surface area contributed by atoms with Crippen molar-refractivity contribution in [3.05, 3.63) is 48.2 Å². The van der Waals surface area contributed by atoms with Crippen molar-refractivity contribution < 1.29 is 14.3 Å². The fraction of sp³-hybridized carbons (Fsp3) is 0.333. The summed E-state index contributed by atoms with van der Waals surface area (Å²) < 4.78 is 12.9. The van der Waals surface area contributed by atoms with Gasteiger partial charge in [-0.25, -0.2) is 15.0 Å². The Bertz CT molecular complexity index is 955. The Balaban J connectivity index is 1.51. The molecule has 1 aliphatic heterocycles. The van der Waals surface area contributed by atoms with Gasteiger partial charge in [0.2, 0.25) is 0 Å². The van der Waals surface area contributed by atoms with Gasteiger partial charge in [0.25, 0.3) is 17.7 Å². The number of rotatable bonds is 4. The first-order valence-electron chi connectivity index (χ1n) is 8.42. The first-order valence-corrected chi connectivity index (χ1v) is 8.42. The minimum atomic E-state index is -0.149. The predicted octanol–water partition coefficient (Wildman–Crippen LogP) is 1.73. The molecule has 0 aromatic carbocycles. The minimum Gasteiger partial charge on any atom is -0.477 e. The smallest absolute Gasteiger partial charge is 0.278 e. The molecule has 4 rings (SSSR count). The number of amides is 1. The topological polar surface area (TPSA) is 81.9 Å². The zero-order valence-corrected chi connectivity index (χ0v) is 14.6. The fourth-order valence-corrected chi connectivity index (χ4v) is 3.22. The summed E-state index contributed by atoms with van der Waals surface area (Å²) in [6.45, 7) is 2.96. The molecule has 0 spiro atoms. The number of ether oxygens (including phenoxy) is 2. The molecule has 3 aromatic heterocycles. The van der Waals surface area contributed by atoms with E-state index >= 15 is 0 Å².